The largest absolute Gasteiger partial charge is 0.496 e. The van der Waals surface area contributed by atoms with E-state index in [0.29, 0.717) is 36.4 Å². The van der Waals surface area contributed by atoms with Crippen molar-refractivity contribution in [2.75, 3.05) is 20.8 Å². The lowest BCUT2D eigenvalue weighted by atomic mass is 9.97. The molecule has 0 spiro atoms. The van der Waals surface area contributed by atoms with Crippen molar-refractivity contribution in [2.45, 2.75) is 19.0 Å². The molecule has 1 N–H and O–H groups in total. The van der Waals surface area contributed by atoms with Crippen molar-refractivity contribution in [3.63, 3.8) is 0 Å². The summed E-state index contributed by atoms with van der Waals surface area (Å²) < 4.78 is 12.8. The summed E-state index contributed by atoms with van der Waals surface area (Å²) in [7, 11) is 4.86. The third kappa shape index (κ3) is 3.29. The third-order valence-corrected chi connectivity index (χ3v) is 5.68. The minimum Gasteiger partial charge on any atom is -0.496 e. The Morgan fingerprint density at radius 1 is 1.23 bits per heavy atom. The van der Waals surface area contributed by atoms with Gasteiger partial charge < -0.3 is 19.1 Å². The Morgan fingerprint density at radius 2 is 1.93 bits per heavy atom. The Balaban J connectivity index is 1.84. The second kappa shape index (κ2) is 7.79. The van der Waals surface area contributed by atoms with Crippen LogP contribution in [0.5, 0.6) is 11.5 Å². The lowest BCUT2D eigenvalue weighted by Crippen LogP contribution is -2.51. The number of rotatable bonds is 6. The van der Waals surface area contributed by atoms with Crippen molar-refractivity contribution < 1.29 is 19.4 Å². The van der Waals surface area contributed by atoms with Gasteiger partial charge in [0, 0.05) is 44.3 Å². The quantitative estimate of drug-likeness (QED) is 0.667. The fourth-order valence-corrected chi connectivity index (χ4v) is 3.95. The van der Waals surface area contributed by atoms with Gasteiger partial charge in [0.1, 0.15) is 17.5 Å². The zero-order chi connectivity index (χ0) is 21.4. The van der Waals surface area contributed by atoms with Crippen molar-refractivity contribution in [3.05, 3.63) is 52.7 Å². The Labute approximate surface area is 173 Å². The monoisotopic (exact) mass is 409 g/mol. The molecule has 1 aromatic carbocycles. The van der Waals surface area contributed by atoms with Crippen LogP contribution in [0.25, 0.3) is 21.9 Å². The SMILES string of the molecule is COc1cc(-c2cn(C)c(=O)c3cnccc23)cc(OC)c1CN1CC[C@H]1C(=O)O. The number of aromatic nitrogens is 2. The minimum atomic E-state index is -0.818. The summed E-state index contributed by atoms with van der Waals surface area (Å²) in [5.41, 5.74) is 2.36. The summed E-state index contributed by atoms with van der Waals surface area (Å²) >= 11 is 0. The zero-order valence-electron chi connectivity index (χ0n) is 17.1. The molecule has 1 atom stereocenters. The number of hydrogen-bond acceptors (Lipinski definition) is 6. The summed E-state index contributed by atoms with van der Waals surface area (Å²) in [5, 5.41) is 10.7. The number of pyridine rings is 2. The second-order valence-electron chi connectivity index (χ2n) is 7.35. The number of nitrogens with zero attached hydrogens (tertiary/aromatic N) is 3. The molecule has 1 fully saturated rings. The summed E-state index contributed by atoms with van der Waals surface area (Å²) in [6.07, 6.45) is 5.65. The first-order chi connectivity index (χ1) is 14.4. The molecule has 0 radical (unpaired) electrons. The van der Waals surface area contributed by atoms with Crippen molar-refractivity contribution >= 4 is 16.7 Å². The van der Waals surface area contributed by atoms with Crippen molar-refractivity contribution in [3.8, 4) is 22.6 Å². The number of hydrogen-bond donors (Lipinski definition) is 1. The molecule has 30 heavy (non-hydrogen) atoms. The molecular weight excluding hydrogens is 386 g/mol. The molecule has 0 saturated carbocycles. The van der Waals surface area contributed by atoms with E-state index in [4.69, 9.17) is 9.47 Å². The van der Waals surface area contributed by atoms with E-state index in [2.05, 4.69) is 4.98 Å². The molecule has 4 rings (SSSR count). The number of carboxylic acids is 1. The second-order valence-corrected chi connectivity index (χ2v) is 7.35. The van der Waals surface area contributed by atoms with E-state index in [1.165, 1.54) is 4.57 Å². The van der Waals surface area contributed by atoms with Gasteiger partial charge >= 0.3 is 5.97 Å². The molecule has 1 aliphatic heterocycles. The molecule has 0 bridgehead atoms. The first kappa shape index (κ1) is 19.9. The lowest BCUT2D eigenvalue weighted by Gasteiger charge is -2.38. The minimum absolute atomic E-state index is 0.116. The normalized spacial score (nSPS) is 16.3. The maximum absolute atomic E-state index is 12.5. The molecule has 0 amide bonds. The van der Waals surface area contributed by atoms with E-state index in [1.54, 1.807) is 39.9 Å². The maximum atomic E-state index is 12.5. The molecule has 1 saturated heterocycles. The van der Waals surface area contributed by atoms with Gasteiger partial charge in [-0.1, -0.05) is 0 Å². The highest BCUT2D eigenvalue weighted by atomic mass is 16.5. The van der Waals surface area contributed by atoms with Gasteiger partial charge in [-0.15, -0.1) is 0 Å². The van der Waals surface area contributed by atoms with Crippen LogP contribution in [0, 0.1) is 0 Å². The van der Waals surface area contributed by atoms with Crippen LogP contribution >= 0.6 is 0 Å². The molecule has 0 aliphatic carbocycles. The van der Waals surface area contributed by atoms with Crippen LogP contribution in [-0.2, 0) is 18.4 Å². The highest BCUT2D eigenvalue weighted by Crippen LogP contribution is 2.38. The molecule has 3 heterocycles. The van der Waals surface area contributed by atoms with E-state index in [-0.39, 0.29) is 5.56 Å². The smallest absolute Gasteiger partial charge is 0.320 e. The van der Waals surface area contributed by atoms with Crippen LogP contribution in [0.15, 0.2) is 41.6 Å². The van der Waals surface area contributed by atoms with Crippen LogP contribution in [0.2, 0.25) is 0 Å². The Morgan fingerprint density at radius 3 is 2.50 bits per heavy atom. The molecule has 0 unspecified atom stereocenters. The van der Waals surface area contributed by atoms with Gasteiger partial charge in [-0.2, -0.15) is 0 Å². The number of methoxy groups -OCH3 is 2. The lowest BCUT2D eigenvalue weighted by molar-refractivity contribution is -0.148. The number of benzene rings is 1. The van der Waals surface area contributed by atoms with Crippen LogP contribution in [0.3, 0.4) is 0 Å². The standard InChI is InChI=1S/C22H23N3O5/c1-24-11-16(14-4-6-23-10-15(14)21(24)26)13-8-19(29-2)17(20(9-13)30-3)12-25-7-5-18(25)22(27)28/h4,6,8-11,18H,5,7,12H2,1-3H3,(H,27,28)/t18-/m0/s1. The molecule has 1 aliphatic rings. The molecule has 8 heteroatoms. The summed E-state index contributed by atoms with van der Waals surface area (Å²) in [6, 6.07) is 5.12. The summed E-state index contributed by atoms with van der Waals surface area (Å²) in [4.78, 5) is 29.8. The number of carboxylic acid groups (broad SMARTS) is 1. The first-order valence-electron chi connectivity index (χ1n) is 9.60. The topological polar surface area (TPSA) is 93.9 Å². The van der Waals surface area contributed by atoms with Crippen molar-refractivity contribution in [1.82, 2.24) is 14.5 Å². The van der Waals surface area contributed by atoms with Crippen molar-refractivity contribution in [2.24, 2.45) is 7.05 Å². The van der Waals surface area contributed by atoms with Gasteiger partial charge in [0.15, 0.2) is 0 Å². The van der Waals surface area contributed by atoms with E-state index >= 15 is 0 Å². The third-order valence-electron chi connectivity index (χ3n) is 5.68. The summed E-state index contributed by atoms with van der Waals surface area (Å²) in [6.45, 7) is 1.13. The van der Waals surface area contributed by atoms with Gasteiger partial charge in [-0.25, -0.2) is 0 Å². The number of aliphatic carboxylic acids is 1. The number of aryl methyl sites for hydroxylation is 1. The Hall–Kier alpha value is -3.39. The Kier molecular flexibility index (Phi) is 5.17. The predicted octanol–water partition coefficient (Wildman–Crippen LogP) is 2.28. The molecular formula is C22H23N3O5. The van der Waals surface area contributed by atoms with Gasteiger partial charge in [0.2, 0.25) is 0 Å². The predicted molar refractivity (Wildman–Crippen MR) is 112 cm³/mol. The van der Waals surface area contributed by atoms with Crippen LogP contribution in [0.4, 0.5) is 0 Å². The number of carbonyl (C=O) groups is 1. The molecule has 8 nitrogen and oxygen atoms in total. The van der Waals surface area contributed by atoms with E-state index in [0.717, 1.165) is 22.1 Å². The fourth-order valence-electron chi connectivity index (χ4n) is 3.95. The first-order valence-corrected chi connectivity index (χ1v) is 9.60. The highest BCUT2D eigenvalue weighted by molar-refractivity contribution is 5.95. The number of likely N-dealkylation sites (tertiary alicyclic amines) is 1. The average Bonchev–Trinajstić information content (AvgIpc) is 2.72. The zero-order valence-corrected chi connectivity index (χ0v) is 17.1. The van der Waals surface area contributed by atoms with Gasteiger partial charge in [-0.3, -0.25) is 19.5 Å². The van der Waals surface area contributed by atoms with E-state index < -0.39 is 12.0 Å². The van der Waals surface area contributed by atoms with Gasteiger partial charge in [0.05, 0.1) is 25.2 Å². The molecule has 3 aromatic rings. The van der Waals surface area contributed by atoms with Crippen LogP contribution in [-0.4, -0.2) is 52.3 Å². The average molecular weight is 409 g/mol. The van der Waals surface area contributed by atoms with Crippen LogP contribution < -0.4 is 15.0 Å². The maximum Gasteiger partial charge on any atom is 0.320 e. The Bertz CT molecular complexity index is 1160. The van der Waals surface area contributed by atoms with Crippen molar-refractivity contribution in [1.29, 1.82) is 0 Å². The van der Waals surface area contributed by atoms with Gasteiger partial charge in [-0.05, 0) is 35.6 Å². The highest BCUT2D eigenvalue weighted by Gasteiger charge is 2.35. The van der Waals surface area contributed by atoms with E-state index in [1.807, 2.05) is 23.1 Å². The van der Waals surface area contributed by atoms with E-state index in [9.17, 15) is 14.7 Å². The number of ether oxygens (including phenoxy) is 2. The fraction of sp³-hybridized carbons (Fsp3) is 0.318. The molecule has 156 valence electrons. The van der Waals surface area contributed by atoms with Gasteiger partial charge in [0.25, 0.3) is 5.56 Å². The molecule has 2 aromatic heterocycles. The van der Waals surface area contributed by atoms with Crippen LogP contribution in [0.1, 0.15) is 12.0 Å². The number of fused-ring (bicyclic) bond motifs is 1. The summed E-state index contributed by atoms with van der Waals surface area (Å²) in [5.74, 6) is 0.397.